The Hall–Kier alpha value is -0.530. The first-order chi connectivity index (χ1) is 9.10. The largest absolute Gasteiger partial charge is 0.459 e. The smallest absolute Gasteiger partial charge is 0.312 e. The maximum atomic E-state index is 12.3. The summed E-state index contributed by atoms with van der Waals surface area (Å²) in [6.45, 7) is 14.8. The molecular weight excluding hydrogens is 248 g/mol. The lowest BCUT2D eigenvalue weighted by atomic mass is 9.71. The van der Waals surface area contributed by atoms with Crippen LogP contribution in [0.15, 0.2) is 0 Å². The standard InChI is InChI=1S/C18H34O2/c1-8-17(4,5)16(19)20-18(6,7)15-11-9-14(10-12-15)13(2)3/h13-15H,8-12H2,1-7H3. The van der Waals surface area contributed by atoms with Crippen molar-refractivity contribution in [2.75, 3.05) is 0 Å². The van der Waals surface area contributed by atoms with E-state index in [0.29, 0.717) is 5.92 Å². The van der Waals surface area contributed by atoms with Crippen LogP contribution in [0.1, 0.15) is 80.6 Å². The minimum Gasteiger partial charge on any atom is -0.459 e. The highest BCUT2D eigenvalue weighted by Gasteiger charge is 2.39. The van der Waals surface area contributed by atoms with E-state index in [1.54, 1.807) is 0 Å². The van der Waals surface area contributed by atoms with Crippen molar-refractivity contribution in [3.05, 3.63) is 0 Å². The fourth-order valence-corrected chi connectivity index (χ4v) is 3.09. The van der Waals surface area contributed by atoms with E-state index in [4.69, 9.17) is 4.74 Å². The van der Waals surface area contributed by atoms with Crippen molar-refractivity contribution < 1.29 is 9.53 Å². The third-order valence-corrected chi connectivity index (χ3v) is 5.49. The van der Waals surface area contributed by atoms with Gasteiger partial charge in [0.05, 0.1) is 5.41 Å². The molecule has 1 saturated carbocycles. The van der Waals surface area contributed by atoms with Gasteiger partial charge in [0.2, 0.25) is 0 Å². The van der Waals surface area contributed by atoms with Crippen LogP contribution in [-0.2, 0) is 9.53 Å². The van der Waals surface area contributed by atoms with Crippen LogP contribution in [0.2, 0.25) is 0 Å². The summed E-state index contributed by atoms with van der Waals surface area (Å²) in [5.41, 5.74) is -0.697. The lowest BCUT2D eigenvalue weighted by Gasteiger charge is -2.41. The monoisotopic (exact) mass is 282 g/mol. The maximum Gasteiger partial charge on any atom is 0.312 e. The molecule has 0 heterocycles. The Bertz CT molecular complexity index is 320. The van der Waals surface area contributed by atoms with Crippen molar-refractivity contribution in [2.45, 2.75) is 86.2 Å². The fourth-order valence-electron chi connectivity index (χ4n) is 3.09. The number of hydrogen-bond donors (Lipinski definition) is 0. The maximum absolute atomic E-state index is 12.3. The highest BCUT2D eigenvalue weighted by molar-refractivity contribution is 5.76. The van der Waals surface area contributed by atoms with Crippen molar-refractivity contribution in [3.8, 4) is 0 Å². The van der Waals surface area contributed by atoms with Crippen molar-refractivity contribution in [1.82, 2.24) is 0 Å². The average Bonchev–Trinajstić information content (AvgIpc) is 2.38. The molecule has 1 aliphatic rings. The molecule has 20 heavy (non-hydrogen) atoms. The van der Waals surface area contributed by atoms with E-state index in [1.807, 2.05) is 20.8 Å². The molecule has 0 amide bonds. The second kappa shape index (κ2) is 6.49. The predicted molar refractivity (Wildman–Crippen MR) is 84.5 cm³/mol. The van der Waals surface area contributed by atoms with Gasteiger partial charge in [-0.05, 0) is 77.6 Å². The van der Waals surface area contributed by atoms with E-state index in [1.165, 1.54) is 25.7 Å². The second-order valence-corrected chi connectivity index (χ2v) is 8.09. The molecule has 0 radical (unpaired) electrons. The molecule has 0 bridgehead atoms. The first kappa shape index (κ1) is 17.5. The Morgan fingerprint density at radius 2 is 1.60 bits per heavy atom. The summed E-state index contributed by atoms with van der Waals surface area (Å²) in [5.74, 6) is 2.09. The average molecular weight is 282 g/mol. The molecule has 0 spiro atoms. The predicted octanol–water partition coefficient (Wildman–Crippen LogP) is 5.21. The van der Waals surface area contributed by atoms with Gasteiger partial charge in [-0.3, -0.25) is 4.79 Å². The van der Waals surface area contributed by atoms with Gasteiger partial charge in [0, 0.05) is 0 Å². The molecule has 0 aromatic heterocycles. The topological polar surface area (TPSA) is 26.3 Å². The minimum atomic E-state index is -0.369. The van der Waals surface area contributed by atoms with Crippen molar-refractivity contribution in [1.29, 1.82) is 0 Å². The van der Waals surface area contributed by atoms with Crippen LogP contribution in [0.3, 0.4) is 0 Å². The van der Waals surface area contributed by atoms with Gasteiger partial charge in [-0.1, -0.05) is 20.8 Å². The Labute approximate surface area is 125 Å². The molecule has 0 unspecified atom stereocenters. The minimum absolute atomic E-state index is 0.0454. The van der Waals surface area contributed by atoms with Crippen LogP contribution in [0.4, 0.5) is 0 Å². The number of rotatable bonds is 5. The first-order valence-corrected chi connectivity index (χ1v) is 8.33. The fraction of sp³-hybridized carbons (Fsp3) is 0.944. The quantitative estimate of drug-likeness (QED) is 0.647. The van der Waals surface area contributed by atoms with Gasteiger partial charge < -0.3 is 4.74 Å². The van der Waals surface area contributed by atoms with Crippen LogP contribution in [0, 0.1) is 23.2 Å². The summed E-state index contributed by atoms with van der Waals surface area (Å²) >= 11 is 0. The number of carbonyl (C=O) groups is 1. The Kier molecular flexibility index (Phi) is 5.69. The number of ether oxygens (including phenoxy) is 1. The molecule has 0 saturated heterocycles. The van der Waals surface area contributed by atoms with E-state index >= 15 is 0 Å². The highest BCUT2D eigenvalue weighted by atomic mass is 16.6. The second-order valence-electron chi connectivity index (χ2n) is 8.09. The molecule has 1 aliphatic carbocycles. The summed E-state index contributed by atoms with van der Waals surface area (Å²) in [6, 6.07) is 0. The summed E-state index contributed by atoms with van der Waals surface area (Å²) in [5, 5.41) is 0. The zero-order valence-electron chi connectivity index (χ0n) is 14.6. The molecule has 2 nitrogen and oxygen atoms in total. The Morgan fingerprint density at radius 3 is 2.00 bits per heavy atom. The van der Waals surface area contributed by atoms with Gasteiger partial charge in [0.1, 0.15) is 5.60 Å². The Balaban J connectivity index is 2.60. The molecular formula is C18H34O2. The molecule has 1 rings (SSSR count). The number of esters is 1. The molecule has 1 fully saturated rings. The van der Waals surface area contributed by atoms with E-state index in [9.17, 15) is 4.79 Å². The van der Waals surface area contributed by atoms with Gasteiger partial charge >= 0.3 is 5.97 Å². The van der Waals surface area contributed by atoms with Gasteiger partial charge in [0.15, 0.2) is 0 Å². The van der Waals surface area contributed by atoms with Crippen molar-refractivity contribution in [2.24, 2.45) is 23.2 Å². The van der Waals surface area contributed by atoms with Gasteiger partial charge in [0.25, 0.3) is 0 Å². The molecule has 2 heteroatoms. The van der Waals surface area contributed by atoms with E-state index < -0.39 is 0 Å². The molecule has 118 valence electrons. The van der Waals surface area contributed by atoms with Gasteiger partial charge in [-0.2, -0.15) is 0 Å². The summed E-state index contributed by atoms with van der Waals surface area (Å²) in [4.78, 5) is 12.3. The normalized spacial score (nSPS) is 24.8. The Morgan fingerprint density at radius 1 is 1.10 bits per heavy atom. The third-order valence-electron chi connectivity index (χ3n) is 5.49. The summed E-state index contributed by atoms with van der Waals surface area (Å²) in [7, 11) is 0. The van der Waals surface area contributed by atoms with Crippen molar-refractivity contribution in [3.63, 3.8) is 0 Å². The number of carbonyl (C=O) groups excluding carboxylic acids is 1. The molecule has 0 atom stereocenters. The van der Waals surface area contributed by atoms with E-state index in [0.717, 1.165) is 18.3 Å². The lowest BCUT2D eigenvalue weighted by molar-refractivity contribution is -0.174. The molecule has 0 aromatic rings. The highest BCUT2D eigenvalue weighted by Crippen LogP contribution is 2.40. The van der Waals surface area contributed by atoms with Crippen molar-refractivity contribution >= 4 is 5.97 Å². The van der Waals surface area contributed by atoms with Crippen LogP contribution >= 0.6 is 0 Å². The summed E-state index contributed by atoms with van der Waals surface area (Å²) < 4.78 is 5.89. The first-order valence-electron chi connectivity index (χ1n) is 8.33. The van der Waals surface area contributed by atoms with Gasteiger partial charge in [-0.25, -0.2) is 0 Å². The SMILES string of the molecule is CCC(C)(C)C(=O)OC(C)(C)C1CCC(C(C)C)CC1. The van der Waals surface area contributed by atoms with Crippen LogP contribution in [0.5, 0.6) is 0 Å². The van der Waals surface area contributed by atoms with Crippen LogP contribution < -0.4 is 0 Å². The molecule has 0 aromatic carbocycles. The third kappa shape index (κ3) is 4.23. The van der Waals surface area contributed by atoms with Crippen LogP contribution in [0.25, 0.3) is 0 Å². The lowest BCUT2D eigenvalue weighted by Crippen LogP contribution is -2.42. The number of hydrogen-bond acceptors (Lipinski definition) is 2. The zero-order valence-corrected chi connectivity index (χ0v) is 14.6. The molecule has 0 N–H and O–H groups in total. The van der Waals surface area contributed by atoms with Crippen LogP contribution in [-0.4, -0.2) is 11.6 Å². The van der Waals surface area contributed by atoms with E-state index in [2.05, 4.69) is 27.7 Å². The van der Waals surface area contributed by atoms with E-state index in [-0.39, 0.29) is 17.0 Å². The van der Waals surface area contributed by atoms with Gasteiger partial charge in [-0.15, -0.1) is 0 Å². The molecule has 0 aliphatic heterocycles. The summed E-state index contributed by atoms with van der Waals surface area (Å²) in [6.07, 6.45) is 5.76. The zero-order chi connectivity index (χ0) is 15.6.